The fraction of sp³-hybridized carbons (Fsp3) is 0.357. The molecular weight excluding hydrogens is 268 g/mol. The molecule has 100 valence electrons. The van der Waals surface area contributed by atoms with Gasteiger partial charge in [0, 0.05) is 17.5 Å². The van der Waals surface area contributed by atoms with E-state index in [9.17, 15) is 9.90 Å². The van der Waals surface area contributed by atoms with Crippen molar-refractivity contribution >= 4 is 22.6 Å². The van der Waals surface area contributed by atoms with Crippen molar-refractivity contribution in [3.05, 3.63) is 38.2 Å². The van der Waals surface area contributed by atoms with Crippen LogP contribution in [0, 0.1) is 13.8 Å². The van der Waals surface area contributed by atoms with Crippen LogP contribution in [0.15, 0.2) is 15.3 Å². The maximum atomic E-state index is 12.2. The van der Waals surface area contributed by atoms with Crippen molar-refractivity contribution < 1.29 is 14.3 Å². The van der Waals surface area contributed by atoms with Crippen LogP contribution in [0.3, 0.4) is 0 Å². The summed E-state index contributed by atoms with van der Waals surface area (Å²) in [7, 11) is 0. The van der Waals surface area contributed by atoms with Gasteiger partial charge in [0.05, 0.1) is 17.0 Å². The molecule has 1 aromatic carbocycles. The second-order valence-electron chi connectivity index (χ2n) is 4.78. The molecule has 1 aliphatic heterocycles. The first-order valence-corrected chi connectivity index (χ1v) is 6.43. The third-order valence-electron chi connectivity index (χ3n) is 3.57. The minimum absolute atomic E-state index is 0.0732. The molecule has 0 radical (unpaired) electrons. The van der Waals surface area contributed by atoms with Crippen LogP contribution >= 0.6 is 11.6 Å². The van der Waals surface area contributed by atoms with E-state index in [1.165, 1.54) is 0 Å². The van der Waals surface area contributed by atoms with Crippen molar-refractivity contribution in [3.8, 4) is 5.75 Å². The summed E-state index contributed by atoms with van der Waals surface area (Å²) in [5, 5.41) is 10.0. The maximum Gasteiger partial charge on any atom is 0.195 e. The second kappa shape index (κ2) is 4.25. The van der Waals surface area contributed by atoms with Crippen LogP contribution in [-0.2, 0) is 6.42 Å². The average Bonchev–Trinajstić information content (AvgIpc) is 2.83. The Bertz CT molecular complexity index is 733. The van der Waals surface area contributed by atoms with E-state index >= 15 is 0 Å². The van der Waals surface area contributed by atoms with Crippen molar-refractivity contribution in [2.45, 2.75) is 26.4 Å². The molecule has 0 amide bonds. The van der Waals surface area contributed by atoms with E-state index < -0.39 is 0 Å². The number of fused-ring (bicyclic) bond motifs is 3. The van der Waals surface area contributed by atoms with E-state index in [0.717, 1.165) is 5.56 Å². The summed E-state index contributed by atoms with van der Waals surface area (Å²) >= 11 is 6.15. The molecule has 5 heteroatoms. The fourth-order valence-electron chi connectivity index (χ4n) is 2.40. The molecule has 0 fully saturated rings. The zero-order valence-corrected chi connectivity index (χ0v) is 11.4. The number of benzene rings is 1. The Morgan fingerprint density at radius 2 is 2.21 bits per heavy atom. The number of hydrogen-bond donors (Lipinski definition) is 1. The van der Waals surface area contributed by atoms with E-state index in [1.54, 1.807) is 19.9 Å². The predicted molar refractivity (Wildman–Crippen MR) is 72.2 cm³/mol. The lowest BCUT2D eigenvalue weighted by molar-refractivity contribution is 0.134. The van der Waals surface area contributed by atoms with E-state index in [1.807, 2.05) is 0 Å². The molecule has 1 unspecified atom stereocenters. The molecule has 19 heavy (non-hydrogen) atoms. The molecule has 1 atom stereocenters. The maximum absolute atomic E-state index is 12.2. The van der Waals surface area contributed by atoms with Crippen molar-refractivity contribution in [2.75, 3.05) is 6.61 Å². The quantitative estimate of drug-likeness (QED) is 0.871. The summed E-state index contributed by atoms with van der Waals surface area (Å²) in [6, 6.07) is 1.58. The first-order valence-electron chi connectivity index (χ1n) is 6.05. The van der Waals surface area contributed by atoms with Crippen molar-refractivity contribution in [1.82, 2.24) is 0 Å². The number of aryl methyl sites for hydroxylation is 1. The van der Waals surface area contributed by atoms with Crippen LogP contribution < -0.4 is 10.2 Å². The summed E-state index contributed by atoms with van der Waals surface area (Å²) in [5.41, 5.74) is 1.79. The van der Waals surface area contributed by atoms with E-state index in [0.29, 0.717) is 39.5 Å². The Morgan fingerprint density at radius 1 is 1.47 bits per heavy atom. The molecule has 1 N–H and O–H groups in total. The Hall–Kier alpha value is -1.52. The Morgan fingerprint density at radius 3 is 2.89 bits per heavy atom. The lowest BCUT2D eigenvalue weighted by atomic mass is 10.0. The number of halogens is 1. The van der Waals surface area contributed by atoms with Gasteiger partial charge in [0.15, 0.2) is 5.43 Å². The van der Waals surface area contributed by atoms with Crippen LogP contribution in [0.5, 0.6) is 5.75 Å². The summed E-state index contributed by atoms with van der Waals surface area (Å²) in [6.07, 6.45) is 0.166. The van der Waals surface area contributed by atoms with Gasteiger partial charge in [-0.3, -0.25) is 4.79 Å². The third kappa shape index (κ3) is 1.75. The van der Waals surface area contributed by atoms with Gasteiger partial charge in [-0.25, -0.2) is 0 Å². The summed E-state index contributed by atoms with van der Waals surface area (Å²) in [4.78, 5) is 12.2. The monoisotopic (exact) mass is 280 g/mol. The highest BCUT2D eigenvalue weighted by Gasteiger charge is 2.29. The van der Waals surface area contributed by atoms with Gasteiger partial charge in [-0.2, -0.15) is 0 Å². The molecule has 1 aliphatic rings. The fourth-order valence-corrected chi connectivity index (χ4v) is 2.66. The van der Waals surface area contributed by atoms with Gasteiger partial charge in [0.25, 0.3) is 0 Å². The third-order valence-corrected chi connectivity index (χ3v) is 3.85. The lowest BCUT2D eigenvalue weighted by Crippen LogP contribution is -2.17. The largest absolute Gasteiger partial charge is 0.486 e. The minimum atomic E-state index is -0.329. The normalized spacial score (nSPS) is 17.6. The van der Waals surface area contributed by atoms with Gasteiger partial charge in [-0.15, -0.1) is 0 Å². The molecule has 3 rings (SSSR count). The summed E-state index contributed by atoms with van der Waals surface area (Å²) in [5.74, 6) is 1.11. The van der Waals surface area contributed by atoms with Gasteiger partial charge in [0.1, 0.15) is 23.2 Å². The first kappa shape index (κ1) is 12.5. The molecule has 0 aliphatic carbocycles. The average molecular weight is 281 g/mol. The molecule has 4 nitrogen and oxygen atoms in total. The number of hydrogen-bond acceptors (Lipinski definition) is 4. The van der Waals surface area contributed by atoms with Crippen LogP contribution in [-0.4, -0.2) is 17.8 Å². The predicted octanol–water partition coefficient (Wildman–Crippen LogP) is 2.36. The van der Waals surface area contributed by atoms with Crippen LogP contribution in [0.2, 0.25) is 5.02 Å². The van der Waals surface area contributed by atoms with E-state index in [2.05, 4.69) is 0 Å². The molecule has 0 saturated heterocycles. The first-order chi connectivity index (χ1) is 9.02. The number of rotatable bonds is 1. The highest BCUT2D eigenvalue weighted by atomic mass is 35.5. The van der Waals surface area contributed by atoms with Crippen LogP contribution in [0.25, 0.3) is 11.0 Å². The zero-order valence-electron chi connectivity index (χ0n) is 10.6. The molecule has 0 bridgehead atoms. The van der Waals surface area contributed by atoms with Gasteiger partial charge in [-0.05, 0) is 19.9 Å². The summed E-state index contributed by atoms with van der Waals surface area (Å²) < 4.78 is 11.3. The molecule has 0 spiro atoms. The smallest absolute Gasteiger partial charge is 0.195 e. The standard InChI is InChI=1S/C14H13ClO4/c1-6-7(2)18-13-9(12(6)17)4-11(15)14-10(13)3-8(5-16)19-14/h4,8,16H,3,5H2,1-2H3. The Labute approximate surface area is 114 Å². The highest BCUT2D eigenvalue weighted by molar-refractivity contribution is 6.33. The van der Waals surface area contributed by atoms with Crippen LogP contribution in [0.4, 0.5) is 0 Å². The Kier molecular flexibility index (Phi) is 2.80. The van der Waals surface area contributed by atoms with Gasteiger partial charge < -0.3 is 14.3 Å². The van der Waals surface area contributed by atoms with E-state index in [-0.39, 0.29) is 18.1 Å². The van der Waals surface area contributed by atoms with Crippen molar-refractivity contribution in [2.24, 2.45) is 0 Å². The van der Waals surface area contributed by atoms with Crippen molar-refractivity contribution in [1.29, 1.82) is 0 Å². The number of aliphatic hydroxyl groups is 1. The number of aliphatic hydroxyl groups excluding tert-OH is 1. The van der Waals surface area contributed by atoms with Crippen molar-refractivity contribution in [3.63, 3.8) is 0 Å². The molecule has 0 saturated carbocycles. The molecule has 1 aromatic heterocycles. The SMILES string of the molecule is Cc1oc2c3c(c(Cl)cc2c(=O)c1C)OC(CO)C3. The summed E-state index contributed by atoms with van der Waals surface area (Å²) in [6.45, 7) is 3.40. The van der Waals surface area contributed by atoms with Gasteiger partial charge >= 0.3 is 0 Å². The van der Waals surface area contributed by atoms with Gasteiger partial charge in [-0.1, -0.05) is 11.6 Å². The molecular formula is C14H13ClO4. The molecule has 2 heterocycles. The topological polar surface area (TPSA) is 59.7 Å². The highest BCUT2D eigenvalue weighted by Crippen LogP contribution is 2.40. The molecule has 2 aromatic rings. The minimum Gasteiger partial charge on any atom is -0.486 e. The Balaban J connectivity index is 2.39. The number of ether oxygens (including phenoxy) is 1. The lowest BCUT2D eigenvalue weighted by Gasteiger charge is -2.08. The second-order valence-corrected chi connectivity index (χ2v) is 5.19. The zero-order chi connectivity index (χ0) is 13.7. The van der Waals surface area contributed by atoms with E-state index in [4.69, 9.17) is 20.8 Å². The van der Waals surface area contributed by atoms with Gasteiger partial charge in [0.2, 0.25) is 0 Å². The van der Waals surface area contributed by atoms with Crippen LogP contribution in [0.1, 0.15) is 16.9 Å².